The maximum absolute atomic E-state index is 13.2. The third-order valence-corrected chi connectivity index (χ3v) is 6.41. The highest BCUT2D eigenvalue weighted by atomic mass is 19.1. The van der Waals surface area contributed by atoms with Gasteiger partial charge in [0, 0.05) is 6.54 Å². The van der Waals surface area contributed by atoms with Crippen LogP contribution in [0.2, 0.25) is 0 Å². The number of hydrogen-bond donors (Lipinski definition) is 1. The average molecular weight is 425 g/mol. The standard InChI is InChI=1S/C25H29FN2O3/c26-20-11-13-21(14-12-20)31-23-24(30)28(25(23)15-5-2-6-16-25)18-22(29)27-17-7-10-19-8-3-1-4-9-19/h1,3-4,8-9,11-14,23H,2,5-7,10,15-18H2,(H,27,29). The van der Waals surface area contributed by atoms with Gasteiger partial charge >= 0.3 is 0 Å². The molecule has 31 heavy (non-hydrogen) atoms. The average Bonchev–Trinajstić information content (AvgIpc) is 2.81. The molecule has 164 valence electrons. The predicted molar refractivity (Wildman–Crippen MR) is 116 cm³/mol. The molecule has 1 heterocycles. The summed E-state index contributed by atoms with van der Waals surface area (Å²) in [5, 5.41) is 2.95. The number of halogens is 1. The summed E-state index contributed by atoms with van der Waals surface area (Å²) >= 11 is 0. The molecule has 2 fully saturated rings. The number of nitrogens with one attached hydrogen (secondary N) is 1. The Labute approximate surface area is 182 Å². The lowest BCUT2D eigenvalue weighted by molar-refractivity contribution is -0.187. The number of nitrogens with zero attached hydrogens (tertiary/aromatic N) is 1. The molecule has 4 rings (SSSR count). The first-order valence-electron chi connectivity index (χ1n) is 11.1. The number of ether oxygens (including phenoxy) is 1. The number of amides is 2. The molecule has 2 amide bonds. The predicted octanol–water partition coefficient (Wildman–Crippen LogP) is 3.87. The van der Waals surface area contributed by atoms with Crippen LogP contribution in [0.15, 0.2) is 54.6 Å². The minimum atomic E-state index is -0.607. The molecule has 1 unspecified atom stereocenters. The highest BCUT2D eigenvalue weighted by Crippen LogP contribution is 2.45. The summed E-state index contributed by atoms with van der Waals surface area (Å²) in [5.74, 6) is -0.155. The molecule has 2 aromatic carbocycles. The van der Waals surface area contributed by atoms with Crippen LogP contribution in [0.4, 0.5) is 4.39 Å². The van der Waals surface area contributed by atoms with Crippen molar-refractivity contribution in [2.24, 2.45) is 0 Å². The van der Waals surface area contributed by atoms with Crippen molar-refractivity contribution in [2.75, 3.05) is 13.1 Å². The van der Waals surface area contributed by atoms with E-state index in [2.05, 4.69) is 17.4 Å². The molecule has 0 bridgehead atoms. The lowest BCUT2D eigenvalue weighted by Gasteiger charge is -2.58. The molecule has 0 radical (unpaired) electrons. The van der Waals surface area contributed by atoms with E-state index < -0.39 is 11.6 Å². The van der Waals surface area contributed by atoms with Crippen molar-refractivity contribution >= 4 is 11.8 Å². The van der Waals surface area contributed by atoms with Crippen LogP contribution in [-0.4, -0.2) is 41.4 Å². The Morgan fingerprint density at radius 2 is 1.77 bits per heavy atom. The molecule has 1 N–H and O–H groups in total. The van der Waals surface area contributed by atoms with Crippen molar-refractivity contribution in [3.05, 3.63) is 66.0 Å². The van der Waals surface area contributed by atoms with Gasteiger partial charge < -0.3 is 15.0 Å². The van der Waals surface area contributed by atoms with Crippen LogP contribution in [0, 0.1) is 5.82 Å². The Morgan fingerprint density at radius 1 is 1.06 bits per heavy atom. The minimum Gasteiger partial charge on any atom is -0.478 e. The van der Waals surface area contributed by atoms with E-state index >= 15 is 0 Å². The van der Waals surface area contributed by atoms with E-state index in [9.17, 15) is 14.0 Å². The van der Waals surface area contributed by atoms with Crippen molar-refractivity contribution in [2.45, 2.75) is 56.6 Å². The normalized spacial score (nSPS) is 19.7. The minimum absolute atomic E-state index is 0.0629. The van der Waals surface area contributed by atoms with Crippen LogP contribution < -0.4 is 10.1 Å². The summed E-state index contributed by atoms with van der Waals surface area (Å²) in [7, 11) is 0. The van der Waals surface area contributed by atoms with Crippen LogP contribution in [0.25, 0.3) is 0 Å². The third kappa shape index (κ3) is 4.73. The molecule has 5 nitrogen and oxygen atoms in total. The summed E-state index contributed by atoms with van der Waals surface area (Å²) in [6, 6.07) is 15.9. The van der Waals surface area contributed by atoms with Crippen molar-refractivity contribution in [1.82, 2.24) is 10.2 Å². The van der Waals surface area contributed by atoms with Crippen LogP contribution in [0.5, 0.6) is 5.75 Å². The quantitative estimate of drug-likeness (QED) is 0.517. The summed E-state index contributed by atoms with van der Waals surface area (Å²) in [4.78, 5) is 27.1. The SMILES string of the molecule is O=C(CN1C(=O)C(Oc2ccc(F)cc2)C12CCCCC2)NCCCc1ccccc1. The highest BCUT2D eigenvalue weighted by molar-refractivity contribution is 5.94. The zero-order valence-electron chi connectivity index (χ0n) is 17.7. The largest absolute Gasteiger partial charge is 0.478 e. The first kappa shape index (κ1) is 21.3. The van der Waals surface area contributed by atoms with Crippen molar-refractivity contribution < 1.29 is 18.7 Å². The van der Waals surface area contributed by atoms with Crippen molar-refractivity contribution in [3.63, 3.8) is 0 Å². The fraction of sp³-hybridized carbons (Fsp3) is 0.440. The molecule has 6 heteroatoms. The number of benzene rings is 2. The Hall–Kier alpha value is -2.89. The smallest absolute Gasteiger partial charge is 0.267 e. The number of aryl methyl sites for hydroxylation is 1. The Kier molecular flexibility index (Phi) is 6.54. The van der Waals surface area contributed by atoms with E-state index in [1.54, 1.807) is 17.0 Å². The van der Waals surface area contributed by atoms with Gasteiger partial charge in [0.15, 0.2) is 6.10 Å². The Bertz CT molecular complexity index is 895. The molecule has 2 aromatic rings. The highest BCUT2D eigenvalue weighted by Gasteiger charge is 2.62. The monoisotopic (exact) mass is 424 g/mol. The first-order valence-corrected chi connectivity index (χ1v) is 11.1. The topological polar surface area (TPSA) is 58.6 Å². The number of rotatable bonds is 8. The molecular formula is C25H29FN2O3. The number of carbonyl (C=O) groups excluding carboxylic acids is 2. The molecule has 0 aromatic heterocycles. The second kappa shape index (κ2) is 9.50. The Balaban J connectivity index is 1.33. The summed E-state index contributed by atoms with van der Waals surface area (Å²) in [6.45, 7) is 0.645. The van der Waals surface area contributed by atoms with Crippen LogP contribution in [-0.2, 0) is 16.0 Å². The van der Waals surface area contributed by atoms with Gasteiger partial charge in [0.25, 0.3) is 5.91 Å². The van der Waals surface area contributed by atoms with Gasteiger partial charge in [-0.1, -0.05) is 49.6 Å². The van der Waals surface area contributed by atoms with Gasteiger partial charge in [-0.05, 0) is 55.5 Å². The number of β-lactam (4-membered cyclic amide) rings is 1. The number of carbonyl (C=O) groups is 2. The van der Waals surface area contributed by atoms with Gasteiger partial charge in [-0.25, -0.2) is 4.39 Å². The maximum atomic E-state index is 13.2. The first-order chi connectivity index (χ1) is 15.1. The summed E-state index contributed by atoms with van der Waals surface area (Å²) in [6.07, 6.45) is 5.93. The summed E-state index contributed by atoms with van der Waals surface area (Å²) < 4.78 is 19.2. The third-order valence-electron chi connectivity index (χ3n) is 6.41. The molecular weight excluding hydrogens is 395 g/mol. The maximum Gasteiger partial charge on any atom is 0.267 e. The van der Waals surface area contributed by atoms with Gasteiger partial charge in [0.2, 0.25) is 5.91 Å². The van der Waals surface area contributed by atoms with E-state index in [1.807, 2.05) is 18.2 Å². The summed E-state index contributed by atoms with van der Waals surface area (Å²) in [5.41, 5.74) is 0.807. The zero-order valence-corrected chi connectivity index (χ0v) is 17.7. The molecule has 1 atom stereocenters. The second-order valence-electron chi connectivity index (χ2n) is 8.48. The van der Waals surface area contributed by atoms with E-state index in [1.165, 1.54) is 17.7 Å². The van der Waals surface area contributed by atoms with E-state index in [0.29, 0.717) is 12.3 Å². The van der Waals surface area contributed by atoms with Gasteiger partial charge in [-0.3, -0.25) is 9.59 Å². The van der Waals surface area contributed by atoms with Gasteiger partial charge in [0.1, 0.15) is 18.1 Å². The lowest BCUT2D eigenvalue weighted by Crippen LogP contribution is -2.77. The molecule has 1 aliphatic carbocycles. The number of likely N-dealkylation sites (tertiary alicyclic amines) is 1. The number of hydrogen-bond acceptors (Lipinski definition) is 3. The van der Waals surface area contributed by atoms with Crippen molar-refractivity contribution in [3.8, 4) is 5.75 Å². The zero-order chi connectivity index (χ0) is 21.7. The van der Waals surface area contributed by atoms with Gasteiger partial charge in [0.05, 0.1) is 5.54 Å². The van der Waals surface area contributed by atoms with Crippen LogP contribution in [0.1, 0.15) is 44.1 Å². The van der Waals surface area contributed by atoms with Crippen molar-refractivity contribution in [1.29, 1.82) is 0 Å². The van der Waals surface area contributed by atoms with Crippen LogP contribution >= 0.6 is 0 Å². The van der Waals surface area contributed by atoms with Gasteiger partial charge in [-0.15, -0.1) is 0 Å². The molecule has 2 aliphatic rings. The second-order valence-corrected chi connectivity index (χ2v) is 8.48. The Morgan fingerprint density at radius 3 is 2.48 bits per heavy atom. The lowest BCUT2D eigenvalue weighted by atomic mass is 9.70. The molecule has 1 saturated carbocycles. The fourth-order valence-corrected chi connectivity index (χ4v) is 4.77. The molecule has 1 spiro atoms. The van der Waals surface area contributed by atoms with Crippen LogP contribution in [0.3, 0.4) is 0 Å². The fourth-order valence-electron chi connectivity index (χ4n) is 4.77. The van der Waals surface area contributed by atoms with E-state index in [-0.39, 0.29) is 24.2 Å². The van der Waals surface area contributed by atoms with E-state index in [4.69, 9.17) is 4.74 Å². The van der Waals surface area contributed by atoms with E-state index in [0.717, 1.165) is 44.9 Å². The van der Waals surface area contributed by atoms with Gasteiger partial charge in [-0.2, -0.15) is 0 Å². The molecule has 1 aliphatic heterocycles. The molecule has 1 saturated heterocycles.